The minimum atomic E-state index is 0.591. The first kappa shape index (κ1) is 9.57. The fourth-order valence-corrected chi connectivity index (χ4v) is 3.38. The molecule has 0 aromatic carbocycles. The van der Waals surface area contributed by atoms with Gasteiger partial charge in [-0.15, -0.1) is 11.3 Å². The summed E-state index contributed by atoms with van der Waals surface area (Å²) in [6.45, 7) is 0. The van der Waals surface area contributed by atoms with Crippen LogP contribution in [0.5, 0.6) is 0 Å². The molecule has 3 nitrogen and oxygen atoms in total. The smallest absolute Gasteiger partial charge is 0.172 e. The van der Waals surface area contributed by atoms with Crippen molar-refractivity contribution < 1.29 is 0 Å². The molecule has 15 heavy (non-hydrogen) atoms. The number of hydrogen-bond donors (Lipinski definition) is 0. The van der Waals surface area contributed by atoms with Gasteiger partial charge in [0.2, 0.25) is 0 Å². The molecule has 0 saturated heterocycles. The van der Waals surface area contributed by atoms with Gasteiger partial charge in [0.05, 0.1) is 16.1 Å². The van der Waals surface area contributed by atoms with Crippen LogP contribution in [0.25, 0.3) is 10.7 Å². The molecule has 6 heteroatoms. The first-order valence-electron chi connectivity index (χ1n) is 4.36. The largest absolute Gasteiger partial charge is 0.252 e. The molecule has 0 aliphatic carbocycles. The summed E-state index contributed by atoms with van der Waals surface area (Å²) in [5.74, 6) is 2.56. The maximum atomic E-state index is 6.11. The lowest BCUT2D eigenvalue weighted by molar-refractivity contribution is 1.08. The van der Waals surface area contributed by atoms with Crippen LogP contribution in [0.3, 0.4) is 0 Å². The number of nitrogens with zero attached hydrogens (tertiary/aromatic N) is 3. The van der Waals surface area contributed by atoms with Gasteiger partial charge >= 0.3 is 0 Å². The number of halogens is 1. The van der Waals surface area contributed by atoms with E-state index in [1.165, 1.54) is 11.3 Å². The second-order valence-electron chi connectivity index (χ2n) is 3.12. The van der Waals surface area contributed by atoms with Crippen molar-refractivity contribution in [1.82, 2.24) is 15.0 Å². The summed E-state index contributed by atoms with van der Waals surface area (Å²) in [7, 11) is 0. The highest BCUT2D eigenvalue weighted by Gasteiger charge is 2.19. The van der Waals surface area contributed by atoms with Crippen LogP contribution in [0.2, 0.25) is 5.15 Å². The van der Waals surface area contributed by atoms with E-state index < -0.39 is 0 Å². The van der Waals surface area contributed by atoms with E-state index in [9.17, 15) is 0 Å². The summed E-state index contributed by atoms with van der Waals surface area (Å²) >= 11 is 9.46. The van der Waals surface area contributed by atoms with E-state index in [1.54, 1.807) is 11.7 Å². The average molecular weight is 256 g/mol. The lowest BCUT2D eigenvalue weighted by atomic mass is 10.3. The number of aromatic nitrogens is 3. The number of rotatable bonds is 1. The molecule has 2 aromatic heterocycles. The third-order valence-corrected chi connectivity index (χ3v) is 4.23. The predicted molar refractivity (Wildman–Crippen MR) is 63.1 cm³/mol. The van der Waals surface area contributed by atoms with Crippen molar-refractivity contribution in [2.24, 2.45) is 0 Å². The van der Waals surface area contributed by atoms with Crippen LogP contribution in [0.4, 0.5) is 0 Å². The summed E-state index contributed by atoms with van der Waals surface area (Å²) in [6.07, 6.45) is 1.77. The normalized spacial score (nSPS) is 14.2. The third kappa shape index (κ3) is 1.64. The quantitative estimate of drug-likeness (QED) is 0.735. The highest BCUT2D eigenvalue weighted by molar-refractivity contribution is 7.98. The molecule has 0 unspecified atom stereocenters. The maximum absolute atomic E-state index is 6.11. The van der Waals surface area contributed by atoms with E-state index in [-0.39, 0.29) is 0 Å². The zero-order chi connectivity index (χ0) is 10.3. The average Bonchev–Trinajstić information content (AvgIpc) is 2.88. The highest BCUT2D eigenvalue weighted by atomic mass is 35.5. The van der Waals surface area contributed by atoms with E-state index in [1.807, 2.05) is 11.8 Å². The molecule has 76 valence electrons. The molecule has 1 aliphatic rings. The van der Waals surface area contributed by atoms with Gasteiger partial charge in [0, 0.05) is 23.3 Å². The molecule has 0 N–H and O–H groups in total. The summed E-state index contributed by atoms with van der Waals surface area (Å²) < 4.78 is 0. The molecule has 2 aromatic rings. The van der Waals surface area contributed by atoms with E-state index in [4.69, 9.17) is 11.6 Å². The Bertz CT molecular complexity index is 498. The first-order valence-corrected chi connectivity index (χ1v) is 6.78. The first-order chi connectivity index (χ1) is 7.34. The molecule has 0 amide bonds. The van der Waals surface area contributed by atoms with Gasteiger partial charge in [-0.25, -0.2) is 9.97 Å². The topological polar surface area (TPSA) is 38.7 Å². The number of thioether (sulfide) groups is 1. The molecule has 0 bridgehead atoms. The Morgan fingerprint density at radius 3 is 3.00 bits per heavy atom. The molecule has 3 rings (SSSR count). The van der Waals surface area contributed by atoms with E-state index in [2.05, 4.69) is 15.0 Å². The molecule has 3 heterocycles. The Balaban J connectivity index is 2.15. The van der Waals surface area contributed by atoms with Crippen LogP contribution in [0.15, 0.2) is 11.7 Å². The minimum absolute atomic E-state index is 0.591. The van der Waals surface area contributed by atoms with Gasteiger partial charge in [0.25, 0.3) is 0 Å². The lowest BCUT2D eigenvalue weighted by Crippen LogP contribution is -1.96. The van der Waals surface area contributed by atoms with Gasteiger partial charge in [0.15, 0.2) is 5.82 Å². The Labute approximate surface area is 99.9 Å². The number of hydrogen-bond acceptors (Lipinski definition) is 5. The zero-order valence-electron chi connectivity index (χ0n) is 7.61. The van der Waals surface area contributed by atoms with E-state index in [0.717, 1.165) is 27.6 Å². The molecule has 0 saturated carbocycles. The third-order valence-electron chi connectivity index (χ3n) is 2.18. The van der Waals surface area contributed by atoms with Crippen molar-refractivity contribution >= 4 is 34.7 Å². The molecular formula is C9H6ClN3S2. The van der Waals surface area contributed by atoms with Gasteiger partial charge in [0.1, 0.15) is 5.15 Å². The van der Waals surface area contributed by atoms with Crippen molar-refractivity contribution in [1.29, 1.82) is 0 Å². The van der Waals surface area contributed by atoms with Crippen LogP contribution in [0, 0.1) is 0 Å². The summed E-state index contributed by atoms with van der Waals surface area (Å²) in [6, 6.07) is 0. The molecule has 0 spiro atoms. The predicted octanol–water partition coefficient (Wildman–Crippen LogP) is 3.00. The number of fused-ring (bicyclic) bond motifs is 1. The summed E-state index contributed by atoms with van der Waals surface area (Å²) in [5.41, 5.74) is 3.94. The second kappa shape index (κ2) is 3.73. The fourth-order valence-electron chi connectivity index (χ4n) is 1.45. The van der Waals surface area contributed by atoms with Crippen LogP contribution >= 0.6 is 34.7 Å². The molecular weight excluding hydrogens is 250 g/mol. The Hall–Kier alpha value is -0.650. The SMILES string of the molecule is Clc1nc(-c2cncs2)nc2c1CSC2. The van der Waals surface area contributed by atoms with Crippen molar-refractivity contribution in [2.45, 2.75) is 11.5 Å². The van der Waals surface area contributed by atoms with E-state index in [0.29, 0.717) is 11.0 Å². The van der Waals surface area contributed by atoms with Crippen LogP contribution in [-0.4, -0.2) is 15.0 Å². The zero-order valence-corrected chi connectivity index (χ0v) is 9.99. The van der Waals surface area contributed by atoms with Crippen molar-refractivity contribution in [3.05, 3.63) is 28.1 Å². The molecule has 0 fully saturated rings. The van der Waals surface area contributed by atoms with E-state index >= 15 is 0 Å². The van der Waals surface area contributed by atoms with Crippen LogP contribution in [-0.2, 0) is 11.5 Å². The Morgan fingerprint density at radius 2 is 2.20 bits per heavy atom. The molecule has 0 radical (unpaired) electrons. The molecule has 0 atom stereocenters. The standard InChI is InChI=1S/C9H6ClN3S2/c10-8-5-2-14-3-6(5)12-9(13-8)7-1-11-4-15-7/h1,4H,2-3H2. The summed E-state index contributed by atoms with van der Waals surface area (Å²) in [4.78, 5) is 13.8. The lowest BCUT2D eigenvalue weighted by Gasteiger charge is -2.02. The minimum Gasteiger partial charge on any atom is -0.252 e. The van der Waals surface area contributed by atoms with Crippen LogP contribution in [0.1, 0.15) is 11.3 Å². The van der Waals surface area contributed by atoms with Gasteiger partial charge < -0.3 is 0 Å². The Morgan fingerprint density at radius 1 is 1.27 bits per heavy atom. The fraction of sp³-hybridized carbons (Fsp3) is 0.222. The Kier molecular flexibility index (Phi) is 2.38. The monoisotopic (exact) mass is 255 g/mol. The maximum Gasteiger partial charge on any atom is 0.172 e. The second-order valence-corrected chi connectivity index (χ2v) is 5.35. The van der Waals surface area contributed by atoms with Gasteiger partial charge in [-0.2, -0.15) is 11.8 Å². The van der Waals surface area contributed by atoms with Gasteiger partial charge in [-0.05, 0) is 0 Å². The highest BCUT2D eigenvalue weighted by Crippen LogP contribution is 2.34. The summed E-state index contributed by atoms with van der Waals surface area (Å²) in [5, 5.41) is 0.591. The van der Waals surface area contributed by atoms with Crippen molar-refractivity contribution in [3.63, 3.8) is 0 Å². The van der Waals surface area contributed by atoms with Gasteiger partial charge in [-0.3, -0.25) is 4.98 Å². The van der Waals surface area contributed by atoms with Crippen LogP contribution < -0.4 is 0 Å². The van der Waals surface area contributed by atoms with Gasteiger partial charge in [-0.1, -0.05) is 11.6 Å². The van der Waals surface area contributed by atoms with Crippen molar-refractivity contribution in [2.75, 3.05) is 0 Å². The number of thiazole rings is 1. The van der Waals surface area contributed by atoms with Crippen molar-refractivity contribution in [3.8, 4) is 10.7 Å². The molecule has 1 aliphatic heterocycles.